The second kappa shape index (κ2) is 6.33. The van der Waals surface area contributed by atoms with Crippen molar-refractivity contribution in [2.24, 2.45) is 0 Å². The standard InChI is InChI=1S/C6H4BrF.C2N2/c7-5-1-3-6(8)4-2-5;3-1-2-4/h1-4H;. The Kier molecular flexibility index (Phi) is 5.60. The van der Waals surface area contributed by atoms with Gasteiger partial charge in [0.05, 0.1) is 0 Å². The Bertz CT molecular complexity index is 274. The van der Waals surface area contributed by atoms with Gasteiger partial charge in [0.25, 0.3) is 0 Å². The van der Waals surface area contributed by atoms with Crippen molar-refractivity contribution in [1.29, 1.82) is 10.5 Å². The number of halogens is 2. The number of nitriles is 2. The highest BCUT2D eigenvalue weighted by molar-refractivity contribution is 9.10. The normalized spacial score (nSPS) is 7.00. The third kappa shape index (κ3) is 5.40. The summed E-state index contributed by atoms with van der Waals surface area (Å²) in [7, 11) is 0. The van der Waals surface area contributed by atoms with Crippen molar-refractivity contribution in [1.82, 2.24) is 0 Å². The van der Waals surface area contributed by atoms with Gasteiger partial charge in [-0.25, -0.2) is 4.39 Å². The van der Waals surface area contributed by atoms with Crippen molar-refractivity contribution >= 4 is 15.9 Å². The highest BCUT2D eigenvalue weighted by Gasteiger charge is 1.84. The first-order chi connectivity index (χ1) is 5.70. The maximum atomic E-state index is 12.1. The van der Waals surface area contributed by atoms with Crippen LogP contribution in [-0.2, 0) is 0 Å². The molecule has 0 N–H and O–H groups in total. The number of benzene rings is 1. The fraction of sp³-hybridized carbons (Fsp3) is 0. The summed E-state index contributed by atoms with van der Waals surface area (Å²) >= 11 is 3.18. The third-order valence-electron chi connectivity index (χ3n) is 0.854. The fourth-order valence-electron chi connectivity index (χ4n) is 0.430. The van der Waals surface area contributed by atoms with Gasteiger partial charge in [-0.1, -0.05) is 15.9 Å². The molecule has 0 bridgehead atoms. The maximum absolute atomic E-state index is 12.1. The number of hydrogen-bond donors (Lipinski definition) is 0. The Labute approximate surface area is 78.0 Å². The zero-order chi connectivity index (χ0) is 9.40. The Balaban J connectivity index is 0.000000261. The smallest absolute Gasteiger partial charge is 0.181 e. The van der Waals surface area contributed by atoms with Gasteiger partial charge in [-0.05, 0) is 24.3 Å². The van der Waals surface area contributed by atoms with Crippen LogP contribution in [0, 0.1) is 28.5 Å². The minimum atomic E-state index is -0.201. The summed E-state index contributed by atoms with van der Waals surface area (Å²) in [4.78, 5) is 0. The van der Waals surface area contributed by atoms with Crippen LogP contribution in [0.15, 0.2) is 28.7 Å². The lowest BCUT2D eigenvalue weighted by atomic mass is 10.4. The van der Waals surface area contributed by atoms with Crippen LogP contribution in [-0.4, -0.2) is 0 Å². The second-order valence-corrected chi connectivity index (χ2v) is 2.58. The zero-order valence-electron chi connectivity index (χ0n) is 5.96. The summed E-state index contributed by atoms with van der Waals surface area (Å²) in [5.41, 5.74) is 0. The summed E-state index contributed by atoms with van der Waals surface area (Å²) in [6, 6.07) is 8.61. The largest absolute Gasteiger partial charge is 0.207 e. The molecule has 60 valence electrons. The number of nitrogens with zero attached hydrogens (tertiary/aromatic N) is 2. The molecular weight excluding hydrogens is 223 g/mol. The Morgan fingerprint density at radius 2 is 1.50 bits per heavy atom. The molecule has 0 saturated carbocycles. The van der Waals surface area contributed by atoms with Gasteiger partial charge in [-0.3, -0.25) is 0 Å². The van der Waals surface area contributed by atoms with Crippen LogP contribution in [0.4, 0.5) is 4.39 Å². The lowest BCUT2D eigenvalue weighted by Gasteiger charge is -1.85. The molecule has 0 saturated heterocycles. The monoisotopic (exact) mass is 226 g/mol. The van der Waals surface area contributed by atoms with E-state index in [9.17, 15) is 4.39 Å². The fourth-order valence-corrected chi connectivity index (χ4v) is 0.694. The van der Waals surface area contributed by atoms with Crippen LogP contribution in [0.3, 0.4) is 0 Å². The molecule has 0 heterocycles. The molecule has 0 radical (unpaired) electrons. The van der Waals surface area contributed by atoms with E-state index in [2.05, 4.69) is 15.9 Å². The van der Waals surface area contributed by atoms with Gasteiger partial charge in [0.1, 0.15) is 5.82 Å². The molecule has 1 rings (SSSR count). The molecule has 4 heteroatoms. The first-order valence-electron chi connectivity index (χ1n) is 2.90. The van der Waals surface area contributed by atoms with Crippen molar-refractivity contribution < 1.29 is 4.39 Å². The molecule has 2 nitrogen and oxygen atoms in total. The van der Waals surface area contributed by atoms with E-state index in [1.54, 1.807) is 12.1 Å². The summed E-state index contributed by atoms with van der Waals surface area (Å²) in [6.07, 6.45) is 0. The lowest BCUT2D eigenvalue weighted by molar-refractivity contribution is 0.627. The van der Waals surface area contributed by atoms with Gasteiger partial charge in [0, 0.05) is 4.47 Å². The van der Waals surface area contributed by atoms with E-state index in [0.29, 0.717) is 0 Å². The van der Waals surface area contributed by atoms with Gasteiger partial charge < -0.3 is 0 Å². The quantitative estimate of drug-likeness (QED) is 0.683. The van der Waals surface area contributed by atoms with E-state index >= 15 is 0 Å². The van der Waals surface area contributed by atoms with Crippen molar-refractivity contribution in [3.63, 3.8) is 0 Å². The first kappa shape index (κ1) is 10.6. The molecule has 0 atom stereocenters. The van der Waals surface area contributed by atoms with Crippen LogP contribution < -0.4 is 0 Å². The molecule has 0 amide bonds. The Hall–Kier alpha value is -1.39. The summed E-state index contributed by atoms with van der Waals surface area (Å²) in [6.45, 7) is 0. The molecule has 0 spiro atoms. The SMILES string of the molecule is Fc1ccc(Br)cc1.N#CC#N. The van der Waals surface area contributed by atoms with E-state index < -0.39 is 0 Å². The Morgan fingerprint density at radius 3 is 1.75 bits per heavy atom. The maximum Gasteiger partial charge on any atom is 0.181 e. The lowest BCUT2D eigenvalue weighted by Crippen LogP contribution is -1.67. The molecule has 12 heavy (non-hydrogen) atoms. The average Bonchev–Trinajstić information content (AvgIpc) is 2.11. The highest BCUT2D eigenvalue weighted by Crippen LogP contribution is 2.08. The molecule has 1 aromatic rings. The highest BCUT2D eigenvalue weighted by atomic mass is 79.9. The van der Waals surface area contributed by atoms with Crippen molar-refractivity contribution in [2.45, 2.75) is 0 Å². The van der Waals surface area contributed by atoms with Crippen molar-refractivity contribution in [2.75, 3.05) is 0 Å². The molecular formula is C8H4BrFN2. The second-order valence-electron chi connectivity index (χ2n) is 1.66. The van der Waals surface area contributed by atoms with Gasteiger partial charge in [-0.2, -0.15) is 10.5 Å². The molecule has 0 fully saturated rings. The number of rotatable bonds is 0. The van der Waals surface area contributed by atoms with Gasteiger partial charge in [0.15, 0.2) is 12.1 Å². The molecule has 0 unspecified atom stereocenters. The molecule has 0 aromatic heterocycles. The topological polar surface area (TPSA) is 47.6 Å². The van der Waals surface area contributed by atoms with Crippen LogP contribution in [0.1, 0.15) is 0 Å². The van der Waals surface area contributed by atoms with Crippen molar-refractivity contribution in [3.8, 4) is 12.1 Å². The van der Waals surface area contributed by atoms with E-state index in [-0.39, 0.29) is 5.82 Å². The summed E-state index contributed by atoms with van der Waals surface area (Å²) < 4.78 is 13.0. The minimum absolute atomic E-state index is 0.201. The Morgan fingerprint density at radius 1 is 1.08 bits per heavy atom. The van der Waals surface area contributed by atoms with E-state index in [1.165, 1.54) is 24.3 Å². The zero-order valence-corrected chi connectivity index (χ0v) is 7.55. The number of hydrogen-bond acceptors (Lipinski definition) is 2. The van der Waals surface area contributed by atoms with Crippen LogP contribution >= 0.6 is 15.9 Å². The van der Waals surface area contributed by atoms with E-state index in [4.69, 9.17) is 10.5 Å². The molecule has 0 aliphatic rings. The van der Waals surface area contributed by atoms with Gasteiger partial charge in [-0.15, -0.1) is 0 Å². The van der Waals surface area contributed by atoms with E-state index in [1.807, 2.05) is 0 Å². The molecule has 0 aliphatic heterocycles. The molecule has 0 aliphatic carbocycles. The van der Waals surface area contributed by atoms with Gasteiger partial charge in [0.2, 0.25) is 0 Å². The van der Waals surface area contributed by atoms with Gasteiger partial charge >= 0.3 is 0 Å². The predicted molar refractivity (Wildman–Crippen MR) is 45.3 cm³/mol. The third-order valence-corrected chi connectivity index (χ3v) is 1.38. The summed E-state index contributed by atoms with van der Waals surface area (Å²) in [5.74, 6) is -0.201. The van der Waals surface area contributed by atoms with Crippen LogP contribution in [0.25, 0.3) is 0 Å². The van der Waals surface area contributed by atoms with Crippen LogP contribution in [0.5, 0.6) is 0 Å². The average molecular weight is 227 g/mol. The van der Waals surface area contributed by atoms with E-state index in [0.717, 1.165) is 4.47 Å². The minimum Gasteiger partial charge on any atom is -0.207 e. The summed E-state index contributed by atoms with van der Waals surface area (Å²) in [5, 5.41) is 14.5. The first-order valence-corrected chi connectivity index (χ1v) is 3.69. The predicted octanol–water partition coefficient (Wildman–Crippen LogP) is 2.62. The van der Waals surface area contributed by atoms with Crippen molar-refractivity contribution in [3.05, 3.63) is 34.6 Å². The van der Waals surface area contributed by atoms with Crippen LogP contribution in [0.2, 0.25) is 0 Å². The molecule has 1 aromatic carbocycles.